The van der Waals surface area contributed by atoms with Gasteiger partial charge in [0.1, 0.15) is 0 Å². The predicted molar refractivity (Wildman–Crippen MR) is 54.1 cm³/mol. The number of nitrogens with one attached hydrogen (secondary N) is 1. The summed E-state index contributed by atoms with van der Waals surface area (Å²) in [5.74, 6) is 0. The minimum absolute atomic E-state index is 0.743. The molecule has 74 valence electrons. The summed E-state index contributed by atoms with van der Waals surface area (Å²) in [5, 5.41) is 3.28. The summed E-state index contributed by atoms with van der Waals surface area (Å²) in [4.78, 5) is 0. The van der Waals surface area contributed by atoms with Crippen LogP contribution in [0.25, 0.3) is 0 Å². The molecule has 12 heavy (non-hydrogen) atoms. The van der Waals surface area contributed by atoms with Gasteiger partial charge in [0.2, 0.25) is 0 Å². The van der Waals surface area contributed by atoms with Crippen molar-refractivity contribution in [2.45, 2.75) is 32.1 Å². The van der Waals surface area contributed by atoms with E-state index in [1.807, 2.05) is 0 Å². The van der Waals surface area contributed by atoms with Crippen molar-refractivity contribution in [3.05, 3.63) is 0 Å². The third-order valence-corrected chi connectivity index (χ3v) is 1.88. The van der Waals surface area contributed by atoms with Crippen LogP contribution in [-0.2, 0) is 0 Å². The van der Waals surface area contributed by atoms with Gasteiger partial charge in [0.25, 0.3) is 0 Å². The summed E-state index contributed by atoms with van der Waals surface area (Å²) in [7, 11) is 0. The van der Waals surface area contributed by atoms with Crippen LogP contribution in [0.3, 0.4) is 0 Å². The first-order valence-corrected chi connectivity index (χ1v) is 5.02. The molecule has 0 bridgehead atoms. The molecular formula is C9H23N3. The molecule has 0 aromatic heterocycles. The molecule has 0 amide bonds. The van der Waals surface area contributed by atoms with Crippen molar-refractivity contribution < 1.29 is 0 Å². The van der Waals surface area contributed by atoms with E-state index in [2.05, 4.69) is 5.32 Å². The molecule has 0 aromatic rings. The minimum atomic E-state index is 0.743. The van der Waals surface area contributed by atoms with E-state index in [9.17, 15) is 0 Å². The number of rotatable bonds is 9. The highest BCUT2D eigenvalue weighted by atomic mass is 14.9. The maximum atomic E-state index is 5.38. The first-order chi connectivity index (χ1) is 5.91. The molecule has 0 fully saturated rings. The van der Waals surface area contributed by atoms with Gasteiger partial charge in [-0.25, -0.2) is 0 Å². The first-order valence-electron chi connectivity index (χ1n) is 5.02. The molecule has 0 saturated heterocycles. The Morgan fingerprint density at radius 1 is 0.667 bits per heavy atom. The quantitative estimate of drug-likeness (QED) is 0.443. The van der Waals surface area contributed by atoms with Crippen LogP contribution >= 0.6 is 0 Å². The maximum Gasteiger partial charge on any atom is 0.00745 e. The number of unbranched alkanes of at least 4 members (excludes halogenated alkanes) is 4. The third kappa shape index (κ3) is 9.88. The van der Waals surface area contributed by atoms with Gasteiger partial charge in [0.05, 0.1) is 0 Å². The molecule has 0 atom stereocenters. The summed E-state index contributed by atoms with van der Waals surface area (Å²) >= 11 is 0. The normalized spacial score (nSPS) is 10.5. The molecule has 3 nitrogen and oxygen atoms in total. The maximum absolute atomic E-state index is 5.38. The Kier molecular flexibility index (Phi) is 10.8. The van der Waals surface area contributed by atoms with Gasteiger partial charge in [-0.05, 0) is 25.9 Å². The summed E-state index contributed by atoms with van der Waals surface area (Å²) in [6, 6.07) is 0. The van der Waals surface area contributed by atoms with Crippen molar-refractivity contribution >= 4 is 0 Å². The van der Waals surface area contributed by atoms with E-state index in [0.29, 0.717) is 0 Å². The van der Waals surface area contributed by atoms with E-state index in [1.165, 1.54) is 32.1 Å². The van der Waals surface area contributed by atoms with Crippen LogP contribution in [0.1, 0.15) is 32.1 Å². The summed E-state index contributed by atoms with van der Waals surface area (Å²) in [6.07, 6.45) is 6.37. The van der Waals surface area contributed by atoms with Crippen LogP contribution in [0.5, 0.6) is 0 Å². The molecule has 0 aliphatic rings. The summed E-state index contributed by atoms with van der Waals surface area (Å²) < 4.78 is 0. The molecule has 0 radical (unpaired) electrons. The number of hydrogen-bond donors (Lipinski definition) is 3. The second-order valence-corrected chi connectivity index (χ2v) is 3.10. The van der Waals surface area contributed by atoms with Crippen LogP contribution in [0.4, 0.5) is 0 Å². The van der Waals surface area contributed by atoms with Crippen molar-refractivity contribution in [2.24, 2.45) is 11.5 Å². The van der Waals surface area contributed by atoms with Crippen LogP contribution in [0.2, 0.25) is 0 Å². The topological polar surface area (TPSA) is 64.1 Å². The Morgan fingerprint density at radius 2 is 1.33 bits per heavy atom. The molecule has 3 heteroatoms. The van der Waals surface area contributed by atoms with Crippen LogP contribution in [0.15, 0.2) is 0 Å². The van der Waals surface area contributed by atoms with Gasteiger partial charge < -0.3 is 16.8 Å². The SMILES string of the molecule is NCCCCCCCNCCN. The third-order valence-electron chi connectivity index (χ3n) is 1.88. The van der Waals surface area contributed by atoms with Crippen molar-refractivity contribution in [2.75, 3.05) is 26.2 Å². The average molecular weight is 173 g/mol. The van der Waals surface area contributed by atoms with Crippen LogP contribution < -0.4 is 16.8 Å². The molecule has 5 N–H and O–H groups in total. The number of nitrogens with two attached hydrogens (primary N) is 2. The lowest BCUT2D eigenvalue weighted by atomic mass is 10.1. The number of hydrogen-bond acceptors (Lipinski definition) is 3. The Balaban J connectivity index is 2.73. The fourth-order valence-electron chi connectivity index (χ4n) is 1.15. The van der Waals surface area contributed by atoms with E-state index in [-0.39, 0.29) is 0 Å². The van der Waals surface area contributed by atoms with Gasteiger partial charge >= 0.3 is 0 Å². The predicted octanol–water partition coefficient (Wildman–Crippen LogP) is 0.444. The molecule has 0 aromatic carbocycles. The fraction of sp³-hybridized carbons (Fsp3) is 1.00. The smallest absolute Gasteiger partial charge is 0.00745 e. The second kappa shape index (κ2) is 10.9. The van der Waals surface area contributed by atoms with Gasteiger partial charge in [0.15, 0.2) is 0 Å². The lowest BCUT2D eigenvalue weighted by Gasteiger charge is -2.02. The summed E-state index contributed by atoms with van der Waals surface area (Å²) in [5.41, 5.74) is 10.7. The van der Waals surface area contributed by atoms with Gasteiger partial charge in [-0.3, -0.25) is 0 Å². The molecule has 0 aliphatic carbocycles. The zero-order valence-corrected chi connectivity index (χ0v) is 8.02. The average Bonchev–Trinajstić information content (AvgIpc) is 2.10. The fourth-order valence-corrected chi connectivity index (χ4v) is 1.15. The van der Waals surface area contributed by atoms with Crippen molar-refractivity contribution in [1.82, 2.24) is 5.32 Å². The minimum Gasteiger partial charge on any atom is -0.330 e. The highest BCUT2D eigenvalue weighted by molar-refractivity contribution is 4.49. The zero-order valence-electron chi connectivity index (χ0n) is 8.02. The van der Waals surface area contributed by atoms with Gasteiger partial charge in [-0.1, -0.05) is 19.3 Å². The Labute approximate surface area is 75.9 Å². The van der Waals surface area contributed by atoms with Gasteiger partial charge in [-0.2, -0.15) is 0 Å². The highest BCUT2D eigenvalue weighted by Crippen LogP contribution is 2.00. The molecule has 0 aliphatic heterocycles. The van der Waals surface area contributed by atoms with Crippen molar-refractivity contribution in [3.63, 3.8) is 0 Å². The van der Waals surface area contributed by atoms with Gasteiger partial charge in [0, 0.05) is 13.1 Å². The molecule has 0 heterocycles. The Morgan fingerprint density at radius 3 is 2.00 bits per heavy atom. The Hall–Kier alpha value is -0.120. The second-order valence-electron chi connectivity index (χ2n) is 3.10. The first kappa shape index (κ1) is 11.9. The van der Waals surface area contributed by atoms with E-state index in [4.69, 9.17) is 11.5 Å². The van der Waals surface area contributed by atoms with E-state index in [1.54, 1.807) is 0 Å². The summed E-state index contributed by atoms with van der Waals surface area (Å²) in [6.45, 7) is 3.64. The van der Waals surface area contributed by atoms with E-state index < -0.39 is 0 Å². The lowest BCUT2D eigenvalue weighted by Crippen LogP contribution is -2.23. The Bertz CT molecular complexity index is 66.2. The molecular weight excluding hydrogens is 150 g/mol. The van der Waals surface area contributed by atoms with Crippen molar-refractivity contribution in [1.29, 1.82) is 0 Å². The van der Waals surface area contributed by atoms with E-state index >= 15 is 0 Å². The molecule has 0 spiro atoms. The van der Waals surface area contributed by atoms with Gasteiger partial charge in [-0.15, -0.1) is 0 Å². The molecule has 0 rings (SSSR count). The van der Waals surface area contributed by atoms with Crippen molar-refractivity contribution in [3.8, 4) is 0 Å². The largest absolute Gasteiger partial charge is 0.330 e. The zero-order chi connectivity index (χ0) is 9.07. The van der Waals surface area contributed by atoms with E-state index in [0.717, 1.165) is 26.2 Å². The lowest BCUT2D eigenvalue weighted by molar-refractivity contribution is 0.580. The molecule has 0 unspecified atom stereocenters. The van der Waals surface area contributed by atoms with Crippen LogP contribution in [-0.4, -0.2) is 26.2 Å². The highest BCUT2D eigenvalue weighted by Gasteiger charge is 1.89. The molecule has 0 saturated carbocycles. The standard InChI is InChI=1S/C9H23N3/c10-6-4-2-1-3-5-8-12-9-7-11/h12H,1-11H2. The monoisotopic (exact) mass is 173 g/mol. The van der Waals surface area contributed by atoms with Crippen LogP contribution in [0, 0.1) is 0 Å².